The molecule has 0 spiro atoms. The van der Waals surface area contributed by atoms with E-state index in [4.69, 9.17) is 4.42 Å². The van der Waals surface area contributed by atoms with Gasteiger partial charge >= 0.3 is 0 Å². The van der Waals surface area contributed by atoms with Crippen LogP contribution in [0.5, 0.6) is 0 Å². The molecule has 8 aromatic rings. The van der Waals surface area contributed by atoms with Crippen molar-refractivity contribution >= 4 is 35.2 Å². The SMILES string of the molecule is CC(c1ccccc1)c1cc([Si](C)(C)C)c[c-]c1-c1ccccn1.[Ir].[c-]1ccc2c(oc3ccccc32)c1-c1cc(Cc2ccccc2)ccn1. The Morgan fingerprint density at radius 1 is 0.647 bits per heavy atom. The van der Waals surface area contributed by atoms with E-state index in [-0.39, 0.29) is 20.1 Å². The molecule has 0 aliphatic carbocycles. The van der Waals surface area contributed by atoms with Gasteiger partial charge in [0.2, 0.25) is 0 Å². The summed E-state index contributed by atoms with van der Waals surface area (Å²) < 4.78 is 6.12. The first kappa shape index (κ1) is 35.9. The summed E-state index contributed by atoms with van der Waals surface area (Å²) >= 11 is 0. The van der Waals surface area contributed by atoms with Crippen molar-refractivity contribution in [2.24, 2.45) is 0 Å². The van der Waals surface area contributed by atoms with Crippen LogP contribution in [0.1, 0.15) is 35.1 Å². The molecule has 5 aromatic carbocycles. The van der Waals surface area contributed by atoms with Crippen molar-refractivity contribution < 1.29 is 24.5 Å². The molecule has 255 valence electrons. The van der Waals surface area contributed by atoms with Gasteiger partial charge in [-0.1, -0.05) is 135 Å². The predicted octanol–water partition coefficient (Wildman–Crippen LogP) is 11.3. The van der Waals surface area contributed by atoms with Crippen LogP contribution in [-0.2, 0) is 26.5 Å². The molecule has 0 bridgehead atoms. The average Bonchev–Trinajstić information content (AvgIpc) is 3.54. The molecule has 0 amide bonds. The second-order valence-electron chi connectivity index (χ2n) is 13.7. The van der Waals surface area contributed by atoms with Crippen molar-refractivity contribution in [2.75, 3.05) is 0 Å². The first-order valence-corrected chi connectivity index (χ1v) is 20.7. The fourth-order valence-corrected chi connectivity index (χ4v) is 7.47. The van der Waals surface area contributed by atoms with Gasteiger partial charge in [0.05, 0.1) is 5.58 Å². The number of benzene rings is 5. The average molecular weight is 857 g/mol. The first-order valence-electron chi connectivity index (χ1n) is 17.2. The number of hydrogen-bond donors (Lipinski definition) is 0. The molecule has 0 aliphatic rings. The third-order valence-corrected chi connectivity index (χ3v) is 11.2. The quantitative estimate of drug-likeness (QED) is 0.118. The maximum Gasteiger partial charge on any atom is 0.120 e. The number of hydrogen-bond acceptors (Lipinski definition) is 3. The molecule has 0 saturated heterocycles. The predicted molar refractivity (Wildman–Crippen MR) is 210 cm³/mol. The summed E-state index contributed by atoms with van der Waals surface area (Å²) in [5, 5.41) is 3.67. The molecule has 1 unspecified atom stereocenters. The van der Waals surface area contributed by atoms with Crippen LogP contribution >= 0.6 is 0 Å². The van der Waals surface area contributed by atoms with Gasteiger partial charge < -0.3 is 14.4 Å². The van der Waals surface area contributed by atoms with Crippen LogP contribution in [0, 0.1) is 12.1 Å². The normalized spacial score (nSPS) is 11.8. The van der Waals surface area contributed by atoms with Crippen LogP contribution in [0.15, 0.2) is 156 Å². The molecule has 3 nitrogen and oxygen atoms in total. The van der Waals surface area contributed by atoms with Crippen LogP contribution in [0.4, 0.5) is 0 Å². The van der Waals surface area contributed by atoms with Gasteiger partial charge in [-0.25, -0.2) is 0 Å². The number of para-hydroxylation sites is 1. The van der Waals surface area contributed by atoms with Gasteiger partial charge in [-0.3, -0.25) is 0 Å². The standard InChI is InChI=1S/C24H16NO.C22H24NSi.Ir/c1-2-7-17(8-3-1)15-18-13-14-25-22(16-18)21-11-6-10-20-19-9-4-5-12-23(19)26-24(20)21;1-17(18-10-6-5-7-11-18)21-16-19(24(2,3)4)13-14-20(21)22-12-8-9-15-23-22;/h1-10,12-14,16H,15H2;5-13,15-17H,1-4H3;/q2*-1;. The molecule has 0 N–H and O–H groups in total. The van der Waals surface area contributed by atoms with E-state index in [9.17, 15) is 0 Å². The van der Waals surface area contributed by atoms with Gasteiger partial charge in [-0.2, -0.15) is 0 Å². The Hall–Kier alpha value is -4.93. The van der Waals surface area contributed by atoms with Crippen molar-refractivity contribution in [2.45, 2.75) is 38.9 Å². The van der Waals surface area contributed by atoms with Gasteiger partial charge in [0, 0.05) is 46.0 Å². The molecule has 0 fully saturated rings. The minimum absolute atomic E-state index is 0. The Bertz CT molecular complexity index is 2350. The second kappa shape index (κ2) is 16.0. The molecule has 1 atom stereocenters. The molecule has 0 saturated carbocycles. The number of nitrogens with zero attached hydrogens (tertiary/aromatic N) is 2. The van der Waals surface area contributed by atoms with E-state index in [1.54, 1.807) is 0 Å². The molecule has 0 aliphatic heterocycles. The van der Waals surface area contributed by atoms with Gasteiger partial charge in [0.25, 0.3) is 0 Å². The largest absolute Gasteiger partial charge is 0.501 e. The van der Waals surface area contributed by atoms with Crippen LogP contribution in [0.3, 0.4) is 0 Å². The van der Waals surface area contributed by atoms with E-state index in [0.29, 0.717) is 5.92 Å². The summed E-state index contributed by atoms with van der Waals surface area (Å²) in [6, 6.07) is 55.0. The Balaban J connectivity index is 0.000000173. The molecular formula is C46H40IrN2OSi-2. The summed E-state index contributed by atoms with van der Waals surface area (Å²) in [4.78, 5) is 9.14. The minimum Gasteiger partial charge on any atom is -0.501 e. The number of aromatic nitrogens is 2. The fourth-order valence-electron chi connectivity index (χ4n) is 6.38. The van der Waals surface area contributed by atoms with Crippen LogP contribution < -0.4 is 5.19 Å². The summed E-state index contributed by atoms with van der Waals surface area (Å²) in [7, 11) is -1.39. The number of pyridine rings is 2. The molecule has 5 heteroatoms. The summed E-state index contributed by atoms with van der Waals surface area (Å²) in [5.74, 6) is 0.316. The second-order valence-corrected chi connectivity index (χ2v) is 18.8. The summed E-state index contributed by atoms with van der Waals surface area (Å²) in [6.45, 7) is 9.42. The van der Waals surface area contributed by atoms with E-state index >= 15 is 0 Å². The van der Waals surface area contributed by atoms with Crippen molar-refractivity contribution in [3.8, 4) is 22.5 Å². The van der Waals surface area contributed by atoms with E-state index in [2.05, 4.69) is 146 Å². The van der Waals surface area contributed by atoms with Crippen molar-refractivity contribution in [3.05, 3.63) is 186 Å². The Kier molecular flexibility index (Phi) is 11.2. The summed E-state index contributed by atoms with van der Waals surface area (Å²) in [6.07, 6.45) is 4.60. The van der Waals surface area contributed by atoms with Crippen LogP contribution in [0.2, 0.25) is 19.6 Å². The van der Waals surface area contributed by atoms with E-state index < -0.39 is 8.07 Å². The van der Waals surface area contributed by atoms with Crippen LogP contribution in [-0.4, -0.2) is 18.0 Å². The molecular weight excluding hydrogens is 817 g/mol. The Morgan fingerprint density at radius 2 is 1.35 bits per heavy atom. The molecule has 3 heterocycles. The first-order chi connectivity index (χ1) is 24.3. The Labute approximate surface area is 315 Å². The van der Waals surface area contributed by atoms with Gasteiger partial charge in [-0.05, 0) is 58.6 Å². The maximum atomic E-state index is 6.12. The maximum absolute atomic E-state index is 6.12. The van der Waals surface area contributed by atoms with Crippen molar-refractivity contribution in [1.29, 1.82) is 0 Å². The molecule has 8 rings (SSSR count). The smallest absolute Gasteiger partial charge is 0.120 e. The number of fused-ring (bicyclic) bond motifs is 3. The zero-order chi connectivity index (χ0) is 34.5. The Morgan fingerprint density at radius 3 is 2.10 bits per heavy atom. The van der Waals surface area contributed by atoms with Crippen molar-refractivity contribution in [1.82, 2.24) is 9.97 Å². The van der Waals surface area contributed by atoms with Gasteiger partial charge in [-0.15, -0.1) is 52.7 Å². The molecule has 1 radical (unpaired) electrons. The summed E-state index contributed by atoms with van der Waals surface area (Å²) in [5.41, 5.74) is 10.8. The van der Waals surface area contributed by atoms with Crippen LogP contribution in [0.25, 0.3) is 44.5 Å². The number of furan rings is 1. The number of rotatable bonds is 7. The van der Waals surface area contributed by atoms with E-state index in [0.717, 1.165) is 50.9 Å². The van der Waals surface area contributed by atoms with E-state index in [1.807, 2.05) is 54.9 Å². The fraction of sp³-hybridized carbons (Fsp3) is 0.130. The third kappa shape index (κ3) is 8.18. The topological polar surface area (TPSA) is 38.9 Å². The molecule has 3 aromatic heterocycles. The zero-order valence-corrected chi connectivity index (χ0v) is 32.7. The third-order valence-electron chi connectivity index (χ3n) is 9.19. The zero-order valence-electron chi connectivity index (χ0n) is 29.4. The molecule has 51 heavy (non-hydrogen) atoms. The van der Waals surface area contributed by atoms with Gasteiger partial charge in [0.15, 0.2) is 0 Å². The minimum atomic E-state index is -1.39. The monoisotopic (exact) mass is 857 g/mol. The van der Waals surface area contributed by atoms with E-state index in [1.165, 1.54) is 27.4 Å². The van der Waals surface area contributed by atoms with Crippen molar-refractivity contribution in [3.63, 3.8) is 0 Å². The van der Waals surface area contributed by atoms with Gasteiger partial charge in [0.1, 0.15) is 5.58 Å².